The van der Waals surface area contributed by atoms with E-state index in [1.165, 1.54) is 0 Å². The van der Waals surface area contributed by atoms with Gasteiger partial charge in [-0.15, -0.1) is 0 Å². The van der Waals surface area contributed by atoms with Crippen LogP contribution in [0.5, 0.6) is 0 Å². The molecule has 116 valence electrons. The van der Waals surface area contributed by atoms with Crippen LogP contribution in [0, 0.1) is 0 Å². The lowest BCUT2D eigenvalue weighted by Gasteiger charge is -2.20. The maximum Gasteiger partial charge on any atom is 0.417 e. The van der Waals surface area contributed by atoms with Crippen molar-refractivity contribution in [1.82, 2.24) is 0 Å². The van der Waals surface area contributed by atoms with Gasteiger partial charge in [-0.25, -0.2) is 4.79 Å². The van der Waals surface area contributed by atoms with Crippen molar-refractivity contribution in [1.29, 1.82) is 0 Å². The molecule has 0 unspecified atom stereocenters. The fourth-order valence-electron chi connectivity index (χ4n) is 1.45. The predicted octanol–water partition coefficient (Wildman–Crippen LogP) is 4.43. The SMILES string of the molecule is CC(C)(C)OC(=O)Nc1ccc(C(=O)Cl)c(C(F)(F)F)c1. The molecule has 0 saturated heterocycles. The first kappa shape index (κ1) is 17.3. The second kappa shape index (κ2) is 5.93. The molecule has 21 heavy (non-hydrogen) atoms. The fraction of sp³-hybridized carbons (Fsp3) is 0.385. The summed E-state index contributed by atoms with van der Waals surface area (Å²) >= 11 is 5.11. The quantitative estimate of drug-likeness (QED) is 0.819. The van der Waals surface area contributed by atoms with Crippen molar-refractivity contribution in [3.05, 3.63) is 29.3 Å². The van der Waals surface area contributed by atoms with Crippen LogP contribution in [0.1, 0.15) is 36.7 Å². The Morgan fingerprint density at radius 2 is 1.76 bits per heavy atom. The van der Waals surface area contributed by atoms with E-state index in [0.29, 0.717) is 6.07 Å². The standard InChI is InChI=1S/C13H13ClF3NO3/c1-12(2,3)21-11(20)18-7-4-5-8(10(14)19)9(6-7)13(15,16)17/h4-6H,1-3H3,(H,18,20). The van der Waals surface area contributed by atoms with Crippen molar-refractivity contribution in [3.8, 4) is 0 Å². The topological polar surface area (TPSA) is 55.4 Å². The highest BCUT2D eigenvalue weighted by Crippen LogP contribution is 2.34. The number of hydrogen-bond acceptors (Lipinski definition) is 3. The number of amides is 1. The predicted molar refractivity (Wildman–Crippen MR) is 71.5 cm³/mol. The maximum absolute atomic E-state index is 12.8. The number of carbonyl (C=O) groups is 2. The Bertz CT molecular complexity index is 565. The zero-order valence-electron chi connectivity index (χ0n) is 11.5. The molecule has 4 nitrogen and oxygen atoms in total. The van der Waals surface area contributed by atoms with Gasteiger partial charge in [0.2, 0.25) is 0 Å². The number of halogens is 4. The molecule has 0 spiro atoms. The number of benzene rings is 1. The average Bonchev–Trinajstić information content (AvgIpc) is 2.24. The van der Waals surface area contributed by atoms with E-state index in [0.717, 1.165) is 12.1 Å². The summed E-state index contributed by atoms with van der Waals surface area (Å²) in [4.78, 5) is 22.5. The minimum Gasteiger partial charge on any atom is -0.444 e. The van der Waals surface area contributed by atoms with Gasteiger partial charge in [0.15, 0.2) is 0 Å². The van der Waals surface area contributed by atoms with Gasteiger partial charge in [-0.3, -0.25) is 10.1 Å². The second-order valence-electron chi connectivity index (χ2n) is 5.16. The summed E-state index contributed by atoms with van der Waals surface area (Å²) in [7, 11) is 0. The third-order valence-corrected chi connectivity index (χ3v) is 2.39. The van der Waals surface area contributed by atoms with Gasteiger partial charge in [0.05, 0.1) is 5.56 Å². The molecule has 0 aliphatic carbocycles. The van der Waals surface area contributed by atoms with Gasteiger partial charge in [-0.05, 0) is 50.6 Å². The van der Waals surface area contributed by atoms with Crippen molar-refractivity contribution >= 4 is 28.6 Å². The van der Waals surface area contributed by atoms with Gasteiger partial charge in [0.1, 0.15) is 5.60 Å². The lowest BCUT2D eigenvalue weighted by atomic mass is 10.1. The number of anilines is 1. The molecule has 0 aromatic heterocycles. The summed E-state index contributed by atoms with van der Waals surface area (Å²) in [5, 5.41) is 0.931. The fourth-order valence-corrected chi connectivity index (χ4v) is 1.61. The highest BCUT2D eigenvalue weighted by atomic mass is 35.5. The summed E-state index contributed by atoms with van der Waals surface area (Å²) in [6, 6.07) is 2.65. The molecule has 1 aromatic carbocycles. The third-order valence-electron chi connectivity index (χ3n) is 2.18. The summed E-state index contributed by atoms with van der Waals surface area (Å²) in [6.07, 6.45) is -5.67. The van der Waals surface area contributed by atoms with Crippen LogP contribution in [-0.4, -0.2) is 16.9 Å². The van der Waals surface area contributed by atoms with Crippen LogP contribution in [0.25, 0.3) is 0 Å². The van der Waals surface area contributed by atoms with Gasteiger partial charge in [0, 0.05) is 11.3 Å². The summed E-state index contributed by atoms with van der Waals surface area (Å²) in [6.45, 7) is 4.84. The van der Waals surface area contributed by atoms with E-state index in [2.05, 4.69) is 5.32 Å². The molecule has 0 aliphatic heterocycles. The molecule has 0 radical (unpaired) electrons. The van der Waals surface area contributed by atoms with Gasteiger partial charge < -0.3 is 4.74 Å². The first-order valence-corrected chi connectivity index (χ1v) is 6.19. The summed E-state index contributed by atoms with van der Waals surface area (Å²) in [5.74, 6) is 0. The molecule has 0 heterocycles. The lowest BCUT2D eigenvalue weighted by Crippen LogP contribution is -2.27. The Morgan fingerprint density at radius 3 is 2.19 bits per heavy atom. The monoisotopic (exact) mass is 323 g/mol. The first-order chi connectivity index (χ1) is 9.40. The normalized spacial score (nSPS) is 12.0. The Hall–Kier alpha value is -1.76. The average molecular weight is 324 g/mol. The Morgan fingerprint density at radius 1 is 1.19 bits per heavy atom. The Labute approximate surface area is 124 Å². The second-order valence-corrected chi connectivity index (χ2v) is 5.50. The van der Waals surface area contributed by atoms with Crippen LogP contribution >= 0.6 is 11.6 Å². The van der Waals surface area contributed by atoms with Crippen molar-refractivity contribution in [3.63, 3.8) is 0 Å². The van der Waals surface area contributed by atoms with Crippen molar-refractivity contribution in [2.75, 3.05) is 5.32 Å². The summed E-state index contributed by atoms with van der Waals surface area (Å²) in [5.41, 5.74) is -2.85. The molecule has 1 amide bonds. The van der Waals surface area contributed by atoms with E-state index in [1.807, 2.05) is 0 Å². The number of carbonyl (C=O) groups excluding carboxylic acids is 2. The largest absolute Gasteiger partial charge is 0.444 e. The van der Waals surface area contributed by atoms with Gasteiger partial charge in [0.25, 0.3) is 5.24 Å². The number of alkyl halides is 3. The molecular weight excluding hydrogens is 311 g/mol. The van der Waals surface area contributed by atoms with Crippen LogP contribution in [0.15, 0.2) is 18.2 Å². The van der Waals surface area contributed by atoms with Crippen LogP contribution < -0.4 is 5.32 Å². The van der Waals surface area contributed by atoms with Gasteiger partial charge >= 0.3 is 12.3 Å². The Balaban J connectivity index is 3.07. The molecule has 1 N–H and O–H groups in total. The van der Waals surface area contributed by atoms with Gasteiger partial charge in [-0.1, -0.05) is 0 Å². The molecule has 0 atom stereocenters. The zero-order valence-corrected chi connectivity index (χ0v) is 12.2. The molecule has 1 aromatic rings. The van der Waals surface area contributed by atoms with E-state index in [-0.39, 0.29) is 5.69 Å². The third kappa shape index (κ3) is 5.26. The molecule has 0 saturated carbocycles. The molecular formula is C13H13ClF3NO3. The van der Waals surface area contributed by atoms with Crippen LogP contribution in [0.4, 0.5) is 23.7 Å². The molecule has 8 heteroatoms. The number of nitrogens with one attached hydrogen (secondary N) is 1. The van der Waals surface area contributed by atoms with Crippen molar-refractivity contribution < 1.29 is 27.5 Å². The minimum atomic E-state index is -4.77. The molecule has 0 bridgehead atoms. The minimum absolute atomic E-state index is 0.154. The smallest absolute Gasteiger partial charge is 0.417 e. The van der Waals surface area contributed by atoms with Crippen molar-refractivity contribution in [2.45, 2.75) is 32.5 Å². The van der Waals surface area contributed by atoms with Crippen molar-refractivity contribution in [2.24, 2.45) is 0 Å². The highest BCUT2D eigenvalue weighted by molar-refractivity contribution is 6.68. The number of ether oxygens (including phenoxy) is 1. The molecule has 0 fully saturated rings. The molecule has 1 rings (SSSR count). The Kier molecular flexibility index (Phi) is 4.88. The zero-order chi connectivity index (χ0) is 16.4. The van der Waals surface area contributed by atoms with E-state index in [9.17, 15) is 22.8 Å². The summed E-state index contributed by atoms with van der Waals surface area (Å²) < 4.78 is 43.4. The van der Waals surface area contributed by atoms with E-state index >= 15 is 0 Å². The van der Waals surface area contributed by atoms with E-state index in [4.69, 9.17) is 16.3 Å². The first-order valence-electron chi connectivity index (χ1n) is 5.81. The number of hydrogen-bond donors (Lipinski definition) is 1. The molecule has 0 aliphatic rings. The van der Waals surface area contributed by atoms with Crippen LogP contribution in [0.2, 0.25) is 0 Å². The van der Waals surface area contributed by atoms with Gasteiger partial charge in [-0.2, -0.15) is 13.2 Å². The highest BCUT2D eigenvalue weighted by Gasteiger charge is 2.35. The number of rotatable bonds is 2. The van der Waals surface area contributed by atoms with E-state index in [1.54, 1.807) is 20.8 Å². The van der Waals surface area contributed by atoms with Crippen LogP contribution in [-0.2, 0) is 10.9 Å². The van der Waals surface area contributed by atoms with Crippen LogP contribution in [0.3, 0.4) is 0 Å². The maximum atomic E-state index is 12.8. The lowest BCUT2D eigenvalue weighted by molar-refractivity contribution is -0.137. The van der Waals surface area contributed by atoms with E-state index < -0.39 is 34.2 Å².